The van der Waals surface area contributed by atoms with Crippen LogP contribution in [0.1, 0.15) is 61.1 Å². The van der Waals surface area contributed by atoms with Crippen molar-refractivity contribution in [3.63, 3.8) is 0 Å². The molecule has 2 unspecified atom stereocenters. The van der Waals surface area contributed by atoms with Gasteiger partial charge in [0.05, 0.1) is 0 Å². The Labute approximate surface area is 184 Å². The van der Waals surface area contributed by atoms with Crippen LogP contribution >= 0.6 is 0 Å². The topological polar surface area (TPSA) is 52.6 Å². The van der Waals surface area contributed by atoms with Gasteiger partial charge in [-0.3, -0.25) is 4.79 Å². The maximum Gasteiger partial charge on any atom is 0.228 e. The number of hydrogen-bond donors (Lipinski definition) is 2. The average molecular weight is 417 g/mol. The van der Waals surface area contributed by atoms with Gasteiger partial charge in [-0.1, -0.05) is 31.0 Å². The van der Waals surface area contributed by atoms with Crippen molar-refractivity contribution in [3.8, 4) is 5.75 Å². The molecule has 4 nitrogen and oxygen atoms in total. The number of fused-ring (bicyclic) bond motifs is 1. The van der Waals surface area contributed by atoms with E-state index < -0.39 is 0 Å². The van der Waals surface area contributed by atoms with Gasteiger partial charge in [0.2, 0.25) is 5.91 Å². The molecule has 2 aromatic rings. The fourth-order valence-corrected chi connectivity index (χ4v) is 7.11. The Balaban J connectivity index is 1.22. The zero-order valence-electron chi connectivity index (χ0n) is 18.3. The highest BCUT2D eigenvalue weighted by Gasteiger charge is 2.53. The van der Waals surface area contributed by atoms with Crippen LogP contribution in [-0.2, 0) is 16.6 Å². The van der Waals surface area contributed by atoms with Gasteiger partial charge < -0.3 is 15.3 Å². The van der Waals surface area contributed by atoms with Gasteiger partial charge in [0.1, 0.15) is 5.75 Å². The van der Waals surface area contributed by atoms with Crippen molar-refractivity contribution in [2.45, 2.75) is 62.3 Å². The number of likely N-dealkylation sites (tertiary alicyclic amines) is 1. The molecular weight excluding hydrogens is 384 g/mol. The largest absolute Gasteiger partial charge is 0.508 e. The van der Waals surface area contributed by atoms with Crippen LogP contribution in [0.15, 0.2) is 42.5 Å². The summed E-state index contributed by atoms with van der Waals surface area (Å²) in [6.07, 6.45) is 8.71. The Hall–Kier alpha value is -2.33. The van der Waals surface area contributed by atoms with E-state index in [-0.39, 0.29) is 23.5 Å². The highest BCUT2D eigenvalue weighted by molar-refractivity contribution is 5.95. The Morgan fingerprint density at radius 1 is 1.13 bits per heavy atom. The third-order valence-electron chi connectivity index (χ3n) is 8.83. The summed E-state index contributed by atoms with van der Waals surface area (Å²) in [6, 6.07) is 14.7. The monoisotopic (exact) mass is 416 g/mol. The first-order valence-electron chi connectivity index (χ1n) is 12.0. The van der Waals surface area contributed by atoms with E-state index in [9.17, 15) is 9.90 Å². The van der Waals surface area contributed by atoms with Crippen LogP contribution in [0.4, 0.5) is 5.69 Å². The molecule has 162 valence electrons. The number of phenols is 1. The predicted molar refractivity (Wildman–Crippen MR) is 122 cm³/mol. The first-order valence-corrected chi connectivity index (χ1v) is 12.0. The normalized spacial score (nSPS) is 33.8. The number of rotatable bonds is 3. The lowest BCUT2D eigenvalue weighted by atomic mass is 9.52. The van der Waals surface area contributed by atoms with Gasteiger partial charge in [0.15, 0.2) is 0 Å². The van der Waals surface area contributed by atoms with E-state index in [1.165, 1.54) is 44.2 Å². The quantitative estimate of drug-likeness (QED) is 0.754. The minimum absolute atomic E-state index is 0.0346. The Bertz CT molecular complexity index is 1020. The Morgan fingerprint density at radius 3 is 2.81 bits per heavy atom. The van der Waals surface area contributed by atoms with Crippen molar-refractivity contribution in [1.82, 2.24) is 4.90 Å². The molecule has 2 bridgehead atoms. The number of nitrogens with one attached hydrogen (secondary N) is 1. The third kappa shape index (κ3) is 3.10. The molecule has 31 heavy (non-hydrogen) atoms. The molecule has 0 spiro atoms. The summed E-state index contributed by atoms with van der Waals surface area (Å²) in [7, 11) is 2.30. The minimum Gasteiger partial charge on any atom is -0.508 e. The standard InChI is InChI=1S/C27H32N2O2/c1-29-13-12-27-11-3-2-4-24(27)25(29)15-18-14-19(7-10-23(18)27)28-26(31)22-16-21(22)17-5-8-20(30)9-6-17/h5-10,14,21-22,24-25,30H,2-4,11-13,15-16H2,1H3,(H,28,31)/t21?,22?,24-,25+,27-/m0/s1. The van der Waals surface area contributed by atoms with E-state index in [1.54, 1.807) is 17.7 Å². The molecule has 3 aliphatic carbocycles. The predicted octanol–water partition coefficient (Wildman–Crippen LogP) is 4.82. The van der Waals surface area contributed by atoms with Gasteiger partial charge in [-0.2, -0.15) is 0 Å². The minimum atomic E-state index is 0.0346. The number of carbonyl (C=O) groups is 1. The SMILES string of the molecule is CN1CC[C@]23CCCC[C@H]2[C@H]1Cc1cc(NC(=O)C2CC2c2ccc(O)cc2)ccc13. The van der Waals surface area contributed by atoms with Crippen LogP contribution in [0.25, 0.3) is 0 Å². The average Bonchev–Trinajstić information content (AvgIpc) is 3.58. The summed E-state index contributed by atoms with van der Waals surface area (Å²) in [4.78, 5) is 15.5. The molecule has 4 aliphatic rings. The van der Waals surface area contributed by atoms with Gasteiger partial charge in [-0.05, 0) is 98.5 Å². The fraction of sp³-hybridized carbons (Fsp3) is 0.519. The van der Waals surface area contributed by atoms with Crippen molar-refractivity contribution in [2.24, 2.45) is 11.8 Å². The molecule has 1 aliphatic heterocycles. The maximum absolute atomic E-state index is 12.9. The lowest BCUT2D eigenvalue weighted by Gasteiger charge is -2.58. The van der Waals surface area contributed by atoms with Crippen molar-refractivity contribution < 1.29 is 9.90 Å². The third-order valence-corrected chi connectivity index (χ3v) is 8.83. The number of piperidine rings is 1. The number of phenolic OH excluding ortho intramolecular Hbond substituents is 1. The Kier molecular flexibility index (Phi) is 4.43. The number of aromatic hydroxyl groups is 1. The van der Waals surface area contributed by atoms with Gasteiger partial charge in [0.25, 0.3) is 0 Å². The van der Waals surface area contributed by atoms with Gasteiger partial charge >= 0.3 is 0 Å². The molecule has 6 rings (SSSR count). The number of amides is 1. The summed E-state index contributed by atoms with van der Waals surface area (Å²) < 4.78 is 0. The van der Waals surface area contributed by atoms with Crippen LogP contribution in [0.3, 0.4) is 0 Å². The second kappa shape index (κ2) is 7.09. The summed E-state index contributed by atoms with van der Waals surface area (Å²) in [6.45, 7) is 1.21. The van der Waals surface area contributed by atoms with Crippen molar-refractivity contribution in [2.75, 3.05) is 18.9 Å². The van der Waals surface area contributed by atoms with Gasteiger partial charge in [0, 0.05) is 23.1 Å². The van der Waals surface area contributed by atoms with Gasteiger partial charge in [-0.25, -0.2) is 0 Å². The molecule has 2 aromatic carbocycles. The van der Waals surface area contributed by atoms with Gasteiger partial charge in [-0.15, -0.1) is 0 Å². The first kappa shape index (κ1) is 19.4. The summed E-state index contributed by atoms with van der Waals surface area (Å²) >= 11 is 0. The van der Waals surface area contributed by atoms with E-state index in [4.69, 9.17) is 0 Å². The zero-order chi connectivity index (χ0) is 21.2. The van der Waals surface area contributed by atoms with E-state index in [0.29, 0.717) is 11.5 Å². The summed E-state index contributed by atoms with van der Waals surface area (Å²) in [5.74, 6) is 1.50. The highest BCUT2D eigenvalue weighted by atomic mass is 16.3. The summed E-state index contributed by atoms with van der Waals surface area (Å²) in [5.41, 5.74) is 5.49. The van der Waals surface area contributed by atoms with Crippen LogP contribution in [0, 0.1) is 11.8 Å². The second-order valence-corrected chi connectivity index (χ2v) is 10.4. The molecule has 1 saturated heterocycles. The second-order valence-electron chi connectivity index (χ2n) is 10.4. The number of likely N-dealkylation sites (N-methyl/N-ethyl adjacent to an activating group) is 1. The lowest BCUT2D eigenvalue weighted by Crippen LogP contribution is -2.59. The van der Waals surface area contributed by atoms with Crippen LogP contribution < -0.4 is 5.32 Å². The van der Waals surface area contributed by atoms with Crippen LogP contribution in [0.5, 0.6) is 5.75 Å². The van der Waals surface area contributed by atoms with E-state index in [1.807, 2.05) is 12.1 Å². The number of benzene rings is 2. The van der Waals surface area contributed by atoms with Crippen LogP contribution in [0.2, 0.25) is 0 Å². The smallest absolute Gasteiger partial charge is 0.228 e. The molecule has 3 fully saturated rings. The van der Waals surface area contributed by atoms with E-state index in [2.05, 4.69) is 35.5 Å². The molecule has 0 aromatic heterocycles. The zero-order valence-corrected chi connectivity index (χ0v) is 18.3. The molecular formula is C27H32N2O2. The molecule has 2 saturated carbocycles. The first-order chi connectivity index (χ1) is 15.0. The van der Waals surface area contributed by atoms with Crippen molar-refractivity contribution in [1.29, 1.82) is 0 Å². The molecule has 5 atom stereocenters. The van der Waals surface area contributed by atoms with E-state index in [0.717, 1.165) is 30.0 Å². The van der Waals surface area contributed by atoms with Crippen molar-refractivity contribution in [3.05, 3.63) is 59.2 Å². The maximum atomic E-state index is 12.9. The molecule has 1 amide bonds. The van der Waals surface area contributed by atoms with Crippen molar-refractivity contribution >= 4 is 11.6 Å². The molecule has 4 heteroatoms. The fourth-order valence-electron chi connectivity index (χ4n) is 7.11. The number of hydrogen-bond acceptors (Lipinski definition) is 3. The molecule has 2 N–H and O–H groups in total. The number of nitrogens with zero attached hydrogens (tertiary/aromatic N) is 1. The number of anilines is 1. The number of carbonyl (C=O) groups excluding carboxylic acids is 1. The lowest BCUT2D eigenvalue weighted by molar-refractivity contribution is -0.117. The Morgan fingerprint density at radius 2 is 1.97 bits per heavy atom. The summed E-state index contributed by atoms with van der Waals surface area (Å²) in [5, 5.41) is 12.7. The highest BCUT2D eigenvalue weighted by Crippen LogP contribution is 2.56. The molecule has 0 radical (unpaired) electrons. The van der Waals surface area contributed by atoms with E-state index >= 15 is 0 Å². The molecule has 1 heterocycles. The van der Waals surface area contributed by atoms with Crippen LogP contribution in [-0.4, -0.2) is 35.5 Å².